The molecule has 1 aromatic heterocycles. The molecule has 1 aliphatic rings. The lowest BCUT2D eigenvalue weighted by molar-refractivity contribution is 0.0981. The summed E-state index contributed by atoms with van der Waals surface area (Å²) in [6.45, 7) is 6.77. The smallest absolute Gasteiger partial charge is 0.268 e. The van der Waals surface area contributed by atoms with E-state index in [1.165, 1.54) is 36.4 Å². The van der Waals surface area contributed by atoms with Crippen molar-refractivity contribution in [3.63, 3.8) is 0 Å². The molecular formula is C25H26FN3O4S. The Morgan fingerprint density at radius 2 is 1.85 bits per heavy atom. The van der Waals surface area contributed by atoms with Gasteiger partial charge in [0.1, 0.15) is 17.4 Å². The first-order chi connectivity index (χ1) is 16.0. The molecule has 3 aromatic rings. The number of nitrogens with zero attached hydrogens (tertiary/aromatic N) is 2. The third-order valence-electron chi connectivity index (χ3n) is 5.91. The molecule has 0 spiro atoms. The van der Waals surface area contributed by atoms with Gasteiger partial charge in [0.2, 0.25) is 0 Å². The molecule has 1 saturated heterocycles. The molecule has 2 N–H and O–H groups in total. The van der Waals surface area contributed by atoms with Crippen LogP contribution in [0.2, 0.25) is 0 Å². The first-order valence-corrected chi connectivity index (χ1v) is 12.4. The van der Waals surface area contributed by atoms with Gasteiger partial charge in [0.15, 0.2) is 0 Å². The zero-order valence-electron chi connectivity index (χ0n) is 19.1. The normalized spacial score (nSPS) is 17.5. The van der Waals surface area contributed by atoms with Crippen LogP contribution in [0.25, 0.3) is 11.3 Å². The summed E-state index contributed by atoms with van der Waals surface area (Å²) in [5.74, 6) is -1.05. The van der Waals surface area contributed by atoms with Crippen molar-refractivity contribution >= 4 is 21.7 Å². The maximum atomic E-state index is 13.9. The molecule has 2 aromatic carbocycles. The quantitative estimate of drug-likeness (QED) is 0.560. The molecule has 1 fully saturated rings. The summed E-state index contributed by atoms with van der Waals surface area (Å²) >= 11 is 0. The van der Waals surface area contributed by atoms with E-state index < -0.39 is 21.7 Å². The number of aromatic nitrogens is 1. The molecular weight excluding hydrogens is 457 g/mol. The number of benzene rings is 2. The number of rotatable bonds is 5. The number of carbonyl (C=O) groups is 1. The Labute approximate surface area is 198 Å². The van der Waals surface area contributed by atoms with E-state index in [-0.39, 0.29) is 21.7 Å². The molecule has 178 valence electrons. The third-order valence-corrected chi connectivity index (χ3v) is 7.25. The van der Waals surface area contributed by atoms with Gasteiger partial charge in [-0.15, -0.1) is 0 Å². The Morgan fingerprint density at radius 3 is 2.47 bits per heavy atom. The van der Waals surface area contributed by atoms with Gasteiger partial charge in [-0.2, -0.15) is 0 Å². The molecule has 0 bridgehead atoms. The topological polar surface area (TPSA) is 99.6 Å². The number of sulfonamides is 1. The SMILES string of the molecule is C[C@@H]1CN(c2nc(-c3cc(O)cc(F)c3)ccc2C(=O)NS(=O)(=O)c2ccccc2)C(C)(C)C1. The molecule has 1 amide bonds. The van der Waals surface area contributed by atoms with E-state index in [1.54, 1.807) is 18.2 Å². The van der Waals surface area contributed by atoms with Gasteiger partial charge >= 0.3 is 0 Å². The van der Waals surface area contributed by atoms with E-state index in [0.29, 0.717) is 29.5 Å². The minimum absolute atomic E-state index is 0.0279. The Hall–Kier alpha value is -3.46. The van der Waals surface area contributed by atoms with Gasteiger partial charge in [0.05, 0.1) is 16.2 Å². The largest absolute Gasteiger partial charge is 0.508 e. The van der Waals surface area contributed by atoms with Crippen LogP contribution in [0, 0.1) is 11.7 Å². The van der Waals surface area contributed by atoms with Gasteiger partial charge < -0.3 is 10.0 Å². The lowest BCUT2D eigenvalue weighted by Crippen LogP contribution is -2.41. The second-order valence-corrected chi connectivity index (χ2v) is 10.9. The number of phenols is 1. The predicted molar refractivity (Wildman–Crippen MR) is 128 cm³/mol. The summed E-state index contributed by atoms with van der Waals surface area (Å²) in [5.41, 5.74) is 0.434. The molecule has 4 rings (SSSR count). The average molecular weight is 484 g/mol. The maximum absolute atomic E-state index is 13.9. The summed E-state index contributed by atoms with van der Waals surface area (Å²) < 4.78 is 41.6. The highest BCUT2D eigenvalue weighted by atomic mass is 32.2. The number of pyridine rings is 1. The highest BCUT2D eigenvalue weighted by Crippen LogP contribution is 2.38. The molecule has 7 nitrogen and oxygen atoms in total. The van der Waals surface area contributed by atoms with Crippen LogP contribution in [0.15, 0.2) is 65.6 Å². The molecule has 9 heteroatoms. The molecule has 1 atom stereocenters. The monoisotopic (exact) mass is 483 g/mol. The van der Waals surface area contributed by atoms with E-state index in [1.807, 2.05) is 18.7 Å². The summed E-state index contributed by atoms with van der Waals surface area (Å²) in [6, 6.07) is 14.2. The van der Waals surface area contributed by atoms with Crippen molar-refractivity contribution in [2.45, 2.75) is 37.6 Å². The van der Waals surface area contributed by atoms with Crippen molar-refractivity contribution in [2.75, 3.05) is 11.4 Å². The summed E-state index contributed by atoms with van der Waals surface area (Å²) in [7, 11) is -4.09. The van der Waals surface area contributed by atoms with Crippen LogP contribution in [-0.2, 0) is 10.0 Å². The van der Waals surface area contributed by atoms with Gasteiger partial charge in [-0.3, -0.25) is 4.79 Å². The van der Waals surface area contributed by atoms with E-state index in [9.17, 15) is 22.7 Å². The number of aromatic hydroxyl groups is 1. The summed E-state index contributed by atoms with van der Waals surface area (Å²) in [4.78, 5) is 19.8. The van der Waals surface area contributed by atoms with E-state index in [2.05, 4.69) is 16.6 Å². The van der Waals surface area contributed by atoms with Gasteiger partial charge in [0.25, 0.3) is 15.9 Å². The standard InChI is InChI=1S/C25H26FN3O4S/c1-16-14-25(2,3)29(15-16)23-21(24(31)28-34(32,33)20-7-5-4-6-8-20)9-10-22(27-23)17-11-18(26)13-19(30)12-17/h4-13,16,30H,14-15H2,1-3H3,(H,28,31)/t16-/m0/s1. The first-order valence-electron chi connectivity index (χ1n) is 10.9. The minimum atomic E-state index is -4.09. The number of hydrogen-bond acceptors (Lipinski definition) is 6. The number of carbonyl (C=O) groups excluding carboxylic acids is 1. The van der Waals surface area contributed by atoms with Crippen LogP contribution in [0.1, 0.15) is 37.6 Å². The Bertz CT molecular complexity index is 1320. The highest BCUT2D eigenvalue weighted by molar-refractivity contribution is 7.90. The summed E-state index contributed by atoms with van der Waals surface area (Å²) in [6.07, 6.45) is 0.850. The minimum Gasteiger partial charge on any atom is -0.508 e. The fourth-order valence-corrected chi connectivity index (χ4v) is 5.50. The third kappa shape index (κ3) is 4.75. The van der Waals surface area contributed by atoms with Gasteiger partial charge in [-0.25, -0.2) is 22.5 Å². The molecule has 34 heavy (non-hydrogen) atoms. The fourth-order valence-electron chi connectivity index (χ4n) is 4.51. The molecule has 0 unspecified atom stereocenters. The van der Waals surface area contributed by atoms with E-state index in [0.717, 1.165) is 12.5 Å². The molecule has 0 saturated carbocycles. The van der Waals surface area contributed by atoms with Crippen LogP contribution in [-0.4, -0.2) is 36.5 Å². The van der Waals surface area contributed by atoms with E-state index >= 15 is 0 Å². The molecule has 0 aliphatic carbocycles. The van der Waals surface area contributed by atoms with Crippen molar-refractivity contribution < 1.29 is 22.7 Å². The zero-order chi connectivity index (χ0) is 24.7. The lowest BCUT2D eigenvalue weighted by Gasteiger charge is -2.34. The Balaban J connectivity index is 1.79. The average Bonchev–Trinajstić information content (AvgIpc) is 3.04. The summed E-state index contributed by atoms with van der Waals surface area (Å²) in [5, 5.41) is 9.82. The van der Waals surface area contributed by atoms with Crippen LogP contribution in [0.5, 0.6) is 5.75 Å². The number of nitrogens with one attached hydrogen (secondary N) is 1. The number of phenolic OH excluding ortho intramolecular Hbond substituents is 1. The number of halogens is 1. The van der Waals surface area contributed by atoms with Crippen molar-refractivity contribution in [1.29, 1.82) is 0 Å². The number of hydrogen-bond donors (Lipinski definition) is 2. The van der Waals surface area contributed by atoms with Crippen molar-refractivity contribution in [1.82, 2.24) is 9.71 Å². The van der Waals surface area contributed by atoms with Crippen LogP contribution >= 0.6 is 0 Å². The molecule has 0 radical (unpaired) electrons. The van der Waals surface area contributed by atoms with Crippen molar-refractivity contribution in [3.05, 3.63) is 72.0 Å². The van der Waals surface area contributed by atoms with E-state index in [4.69, 9.17) is 0 Å². The van der Waals surface area contributed by atoms with Crippen LogP contribution in [0.4, 0.5) is 10.2 Å². The fraction of sp³-hybridized carbons (Fsp3) is 0.280. The second kappa shape index (κ2) is 8.72. The number of anilines is 1. The van der Waals surface area contributed by atoms with Gasteiger partial charge in [-0.1, -0.05) is 25.1 Å². The predicted octanol–water partition coefficient (Wildman–Crippen LogP) is 4.34. The number of amides is 1. The lowest BCUT2D eigenvalue weighted by atomic mass is 9.97. The zero-order valence-corrected chi connectivity index (χ0v) is 19.9. The van der Waals surface area contributed by atoms with Gasteiger partial charge in [-0.05, 0) is 62.6 Å². The Kier molecular flexibility index (Phi) is 6.07. The van der Waals surface area contributed by atoms with Crippen molar-refractivity contribution in [2.24, 2.45) is 5.92 Å². The second-order valence-electron chi connectivity index (χ2n) is 9.25. The van der Waals surface area contributed by atoms with Crippen LogP contribution < -0.4 is 9.62 Å². The molecule has 1 aliphatic heterocycles. The molecule has 2 heterocycles. The maximum Gasteiger partial charge on any atom is 0.268 e. The first kappa shape index (κ1) is 23.7. The van der Waals surface area contributed by atoms with Crippen LogP contribution in [0.3, 0.4) is 0 Å². The van der Waals surface area contributed by atoms with Gasteiger partial charge in [0, 0.05) is 23.7 Å². The van der Waals surface area contributed by atoms with Crippen molar-refractivity contribution in [3.8, 4) is 17.0 Å². The Morgan fingerprint density at radius 1 is 1.15 bits per heavy atom. The highest BCUT2D eigenvalue weighted by Gasteiger charge is 2.39.